The Balaban J connectivity index is 1.30. The lowest BCUT2D eigenvalue weighted by molar-refractivity contribution is -0.137. The first-order valence-electron chi connectivity index (χ1n) is 12.5. The Labute approximate surface area is 221 Å². The van der Waals surface area contributed by atoms with Gasteiger partial charge in [-0.2, -0.15) is 13.2 Å². The second-order valence-corrected chi connectivity index (χ2v) is 10.6. The van der Waals surface area contributed by atoms with Gasteiger partial charge < -0.3 is 14.4 Å². The number of hydrogen-bond acceptors (Lipinski definition) is 5. The van der Waals surface area contributed by atoms with E-state index >= 15 is 0 Å². The molecule has 2 aromatic heterocycles. The molecule has 0 amide bonds. The molecule has 1 saturated heterocycles. The Morgan fingerprint density at radius 3 is 2.11 bits per heavy atom. The number of fused-ring (bicyclic) bond motifs is 1. The molecule has 2 aliphatic rings. The van der Waals surface area contributed by atoms with Gasteiger partial charge in [0.1, 0.15) is 12.2 Å². The molecule has 0 radical (unpaired) electrons. The van der Waals surface area contributed by atoms with Gasteiger partial charge in [0.05, 0.1) is 5.56 Å². The van der Waals surface area contributed by atoms with Crippen LogP contribution in [-0.2, 0) is 6.18 Å². The molecule has 2 aromatic carbocycles. The summed E-state index contributed by atoms with van der Waals surface area (Å²) in [4.78, 5) is 18.8. The van der Waals surface area contributed by atoms with Crippen molar-refractivity contribution < 1.29 is 13.2 Å². The molecule has 3 heterocycles. The number of imidazole rings is 1. The van der Waals surface area contributed by atoms with E-state index < -0.39 is 11.7 Å². The smallest absolute Gasteiger partial charge is 0.368 e. The van der Waals surface area contributed by atoms with Crippen LogP contribution in [0.5, 0.6) is 0 Å². The highest BCUT2D eigenvalue weighted by molar-refractivity contribution is 9.10. The number of halogens is 4. The van der Waals surface area contributed by atoms with Crippen LogP contribution in [0.2, 0.25) is 0 Å². The molecule has 1 aliphatic carbocycles. The number of piperazine rings is 1. The molecule has 2 fully saturated rings. The molecule has 6 rings (SSSR count). The molecule has 10 heteroatoms. The molecular formula is C27H26BrF3N6. The monoisotopic (exact) mass is 570 g/mol. The molecule has 192 valence electrons. The summed E-state index contributed by atoms with van der Waals surface area (Å²) in [6.07, 6.45) is 1.92. The summed E-state index contributed by atoms with van der Waals surface area (Å²) in [6, 6.07) is 14.0. The average Bonchev–Trinajstić information content (AvgIpc) is 3.57. The van der Waals surface area contributed by atoms with Crippen molar-refractivity contribution in [3.63, 3.8) is 0 Å². The Bertz CT molecular complexity index is 1390. The van der Waals surface area contributed by atoms with Crippen molar-refractivity contribution in [1.82, 2.24) is 19.5 Å². The van der Waals surface area contributed by atoms with Gasteiger partial charge in [-0.25, -0.2) is 15.0 Å². The molecule has 37 heavy (non-hydrogen) atoms. The zero-order valence-electron chi connectivity index (χ0n) is 20.1. The van der Waals surface area contributed by atoms with Gasteiger partial charge in [0.25, 0.3) is 0 Å². The highest BCUT2D eigenvalue weighted by Gasteiger charge is 2.31. The van der Waals surface area contributed by atoms with Crippen LogP contribution in [0, 0.1) is 0 Å². The molecule has 1 aliphatic heterocycles. The molecule has 6 nitrogen and oxygen atoms in total. The molecular weight excluding hydrogens is 545 g/mol. The van der Waals surface area contributed by atoms with Gasteiger partial charge in [-0.05, 0) is 49.2 Å². The summed E-state index contributed by atoms with van der Waals surface area (Å²) in [5.41, 5.74) is 2.88. The van der Waals surface area contributed by atoms with Crippen LogP contribution in [0.1, 0.15) is 37.3 Å². The summed E-state index contributed by atoms with van der Waals surface area (Å²) in [5.74, 6) is 1.73. The highest BCUT2D eigenvalue weighted by Crippen LogP contribution is 2.38. The van der Waals surface area contributed by atoms with Gasteiger partial charge in [0, 0.05) is 47.9 Å². The summed E-state index contributed by atoms with van der Waals surface area (Å²) in [7, 11) is 0. The summed E-state index contributed by atoms with van der Waals surface area (Å²) in [5, 5.41) is 0. The van der Waals surface area contributed by atoms with Crippen molar-refractivity contribution in [2.75, 3.05) is 36.0 Å². The van der Waals surface area contributed by atoms with Crippen LogP contribution in [0.4, 0.5) is 24.7 Å². The Morgan fingerprint density at radius 1 is 0.811 bits per heavy atom. The van der Waals surface area contributed by atoms with Gasteiger partial charge in [-0.1, -0.05) is 40.9 Å². The molecule has 0 N–H and O–H groups in total. The predicted molar refractivity (Wildman–Crippen MR) is 142 cm³/mol. The first kappa shape index (κ1) is 24.2. The maximum Gasteiger partial charge on any atom is 0.416 e. The number of alkyl halides is 3. The maximum atomic E-state index is 12.9. The van der Waals surface area contributed by atoms with Crippen LogP contribution in [0.25, 0.3) is 22.6 Å². The number of aromatic nitrogens is 4. The van der Waals surface area contributed by atoms with E-state index in [0.29, 0.717) is 32.2 Å². The van der Waals surface area contributed by atoms with Gasteiger partial charge in [-0.15, -0.1) is 0 Å². The average molecular weight is 571 g/mol. The zero-order valence-corrected chi connectivity index (χ0v) is 21.7. The largest absolute Gasteiger partial charge is 0.416 e. The van der Waals surface area contributed by atoms with E-state index in [2.05, 4.69) is 52.4 Å². The fraction of sp³-hybridized carbons (Fsp3) is 0.370. The number of anilines is 2. The quantitative estimate of drug-likeness (QED) is 0.273. The van der Waals surface area contributed by atoms with Crippen molar-refractivity contribution >= 4 is 38.6 Å². The minimum Gasteiger partial charge on any atom is -0.368 e. The highest BCUT2D eigenvalue weighted by atomic mass is 79.9. The van der Waals surface area contributed by atoms with Crippen LogP contribution in [0.15, 0.2) is 59.3 Å². The fourth-order valence-corrected chi connectivity index (χ4v) is 5.74. The second-order valence-electron chi connectivity index (χ2n) is 9.64. The molecule has 1 saturated carbocycles. The van der Waals surface area contributed by atoms with Gasteiger partial charge in [0.2, 0.25) is 0 Å². The lowest BCUT2D eigenvalue weighted by atomic mass is 10.1. The van der Waals surface area contributed by atoms with Crippen molar-refractivity contribution in [2.24, 2.45) is 0 Å². The normalized spacial score (nSPS) is 17.2. The van der Waals surface area contributed by atoms with Crippen LogP contribution in [0.3, 0.4) is 0 Å². The third kappa shape index (κ3) is 4.67. The number of benzene rings is 2. The topological polar surface area (TPSA) is 50.1 Å². The SMILES string of the molecule is FC(F)(F)c1ccc(N2CCN(c3ncnc4c3nc(-c3ccc(Br)cc3)n4C3CCCC3)CC2)cc1. The van der Waals surface area contributed by atoms with E-state index in [9.17, 15) is 13.2 Å². The lowest BCUT2D eigenvalue weighted by Gasteiger charge is -2.36. The number of nitrogens with zero attached hydrogens (tertiary/aromatic N) is 6. The second kappa shape index (κ2) is 9.63. The lowest BCUT2D eigenvalue weighted by Crippen LogP contribution is -2.47. The van der Waals surface area contributed by atoms with Crippen molar-refractivity contribution in [3.05, 3.63) is 64.9 Å². The van der Waals surface area contributed by atoms with Gasteiger partial charge >= 0.3 is 6.18 Å². The van der Waals surface area contributed by atoms with E-state index in [1.165, 1.54) is 12.8 Å². The van der Waals surface area contributed by atoms with Crippen molar-refractivity contribution in [1.29, 1.82) is 0 Å². The summed E-state index contributed by atoms with van der Waals surface area (Å²) >= 11 is 3.52. The standard InChI is InChI=1S/C27H26BrF3N6/c28-20-9-5-18(6-10-20)24-34-23-25(32-17-33-26(23)37(24)22-3-1-2-4-22)36-15-13-35(14-16-36)21-11-7-19(8-12-21)27(29,30)31/h5-12,17,22H,1-4,13-16H2. The minimum atomic E-state index is -4.33. The van der Waals surface area contributed by atoms with Crippen molar-refractivity contribution in [2.45, 2.75) is 37.9 Å². The zero-order chi connectivity index (χ0) is 25.6. The fourth-order valence-electron chi connectivity index (χ4n) is 5.48. The summed E-state index contributed by atoms with van der Waals surface area (Å²) < 4.78 is 42.1. The Hall–Kier alpha value is -3.14. The van der Waals surface area contributed by atoms with Crippen LogP contribution in [-0.4, -0.2) is 45.7 Å². The first-order chi connectivity index (χ1) is 17.9. The minimum absolute atomic E-state index is 0.364. The molecule has 0 spiro atoms. The van der Waals surface area contributed by atoms with Gasteiger partial charge in [-0.3, -0.25) is 0 Å². The molecule has 0 unspecified atom stereocenters. The Kier molecular flexibility index (Phi) is 6.30. The predicted octanol–water partition coefficient (Wildman–Crippen LogP) is 6.72. The summed E-state index contributed by atoms with van der Waals surface area (Å²) in [6.45, 7) is 2.74. The molecule has 0 atom stereocenters. The van der Waals surface area contributed by atoms with E-state index in [0.717, 1.165) is 63.5 Å². The van der Waals surface area contributed by atoms with E-state index in [-0.39, 0.29) is 0 Å². The van der Waals surface area contributed by atoms with Crippen LogP contribution >= 0.6 is 15.9 Å². The number of hydrogen-bond donors (Lipinski definition) is 0. The Morgan fingerprint density at radius 2 is 1.46 bits per heavy atom. The molecule has 0 bridgehead atoms. The van der Waals surface area contributed by atoms with E-state index in [4.69, 9.17) is 4.98 Å². The van der Waals surface area contributed by atoms with Crippen molar-refractivity contribution in [3.8, 4) is 11.4 Å². The van der Waals surface area contributed by atoms with E-state index in [1.807, 2.05) is 12.1 Å². The first-order valence-corrected chi connectivity index (χ1v) is 13.3. The molecule has 4 aromatic rings. The maximum absolute atomic E-state index is 12.9. The third-order valence-corrected chi connectivity index (χ3v) is 7.92. The van der Waals surface area contributed by atoms with Crippen LogP contribution < -0.4 is 9.80 Å². The van der Waals surface area contributed by atoms with Gasteiger partial charge in [0.15, 0.2) is 17.0 Å². The van der Waals surface area contributed by atoms with E-state index in [1.54, 1.807) is 18.5 Å². The number of rotatable bonds is 4. The third-order valence-electron chi connectivity index (χ3n) is 7.39.